The van der Waals surface area contributed by atoms with Crippen molar-refractivity contribution in [3.05, 3.63) is 87.9 Å². The molecule has 1 amide bonds. The fourth-order valence-corrected chi connectivity index (χ4v) is 3.41. The van der Waals surface area contributed by atoms with Gasteiger partial charge in [0.25, 0.3) is 0 Å². The van der Waals surface area contributed by atoms with Gasteiger partial charge in [0.2, 0.25) is 5.91 Å². The number of carbonyl (C=O) groups excluding carboxylic acids is 1. The first kappa shape index (κ1) is 17.2. The van der Waals surface area contributed by atoms with Crippen LogP contribution in [-0.2, 0) is 11.2 Å². The Morgan fingerprint density at radius 2 is 1.96 bits per heavy atom. The molecule has 25 heavy (non-hydrogen) atoms. The topological polar surface area (TPSA) is 38.3 Å². The molecule has 1 aromatic heterocycles. The Kier molecular flexibility index (Phi) is 5.46. The number of thiophene rings is 1. The fourth-order valence-electron chi connectivity index (χ4n) is 2.61. The molecule has 0 aliphatic carbocycles. The SMILES string of the molecule is COc1cccc(CC(=O)N[C@@H](c2ccc(F)cc2)c2cccs2)c1. The summed E-state index contributed by atoms with van der Waals surface area (Å²) in [6.07, 6.45) is 0.250. The van der Waals surface area contributed by atoms with Crippen LogP contribution in [0.25, 0.3) is 0 Å². The second-order valence-corrected chi connectivity index (χ2v) is 6.58. The third kappa shape index (κ3) is 4.45. The largest absolute Gasteiger partial charge is 0.497 e. The van der Waals surface area contributed by atoms with Gasteiger partial charge in [-0.2, -0.15) is 0 Å². The van der Waals surface area contributed by atoms with Crippen molar-refractivity contribution in [1.29, 1.82) is 0 Å². The third-order valence-corrected chi connectivity index (χ3v) is 4.77. The maximum atomic E-state index is 13.2. The summed E-state index contributed by atoms with van der Waals surface area (Å²) in [5, 5.41) is 5.01. The molecule has 1 atom stereocenters. The summed E-state index contributed by atoms with van der Waals surface area (Å²) >= 11 is 1.56. The van der Waals surface area contributed by atoms with E-state index in [0.29, 0.717) is 0 Å². The van der Waals surface area contributed by atoms with Gasteiger partial charge in [0.05, 0.1) is 19.6 Å². The zero-order valence-corrected chi connectivity index (χ0v) is 14.6. The summed E-state index contributed by atoms with van der Waals surface area (Å²) < 4.78 is 18.4. The number of halogens is 1. The van der Waals surface area contributed by atoms with Crippen molar-refractivity contribution in [3.63, 3.8) is 0 Å². The highest BCUT2D eigenvalue weighted by molar-refractivity contribution is 7.10. The van der Waals surface area contributed by atoms with Gasteiger partial charge in [-0.1, -0.05) is 30.3 Å². The molecule has 3 aromatic rings. The van der Waals surface area contributed by atoms with Gasteiger partial charge in [-0.25, -0.2) is 4.39 Å². The van der Waals surface area contributed by atoms with Crippen LogP contribution in [0.3, 0.4) is 0 Å². The van der Waals surface area contributed by atoms with E-state index in [0.717, 1.165) is 21.8 Å². The van der Waals surface area contributed by atoms with Gasteiger partial charge in [-0.3, -0.25) is 4.79 Å². The molecule has 128 valence electrons. The molecule has 0 unspecified atom stereocenters. The summed E-state index contributed by atoms with van der Waals surface area (Å²) in [5.74, 6) is 0.325. The van der Waals surface area contributed by atoms with Crippen molar-refractivity contribution in [2.75, 3.05) is 7.11 Å². The zero-order chi connectivity index (χ0) is 17.6. The molecule has 5 heteroatoms. The maximum absolute atomic E-state index is 13.2. The molecule has 0 radical (unpaired) electrons. The normalized spacial score (nSPS) is 11.8. The van der Waals surface area contributed by atoms with Gasteiger partial charge >= 0.3 is 0 Å². The van der Waals surface area contributed by atoms with E-state index >= 15 is 0 Å². The molecule has 0 spiro atoms. The smallest absolute Gasteiger partial charge is 0.225 e. The van der Waals surface area contributed by atoms with Gasteiger partial charge in [0, 0.05) is 4.88 Å². The summed E-state index contributed by atoms with van der Waals surface area (Å²) in [5.41, 5.74) is 1.73. The van der Waals surface area contributed by atoms with Crippen molar-refractivity contribution in [2.24, 2.45) is 0 Å². The van der Waals surface area contributed by atoms with Crippen molar-refractivity contribution in [1.82, 2.24) is 5.32 Å². The summed E-state index contributed by atoms with van der Waals surface area (Å²) in [7, 11) is 1.60. The Balaban J connectivity index is 1.78. The van der Waals surface area contributed by atoms with Crippen molar-refractivity contribution < 1.29 is 13.9 Å². The molecule has 0 saturated heterocycles. The summed E-state index contributed by atoms with van der Waals surface area (Å²) in [4.78, 5) is 13.5. The van der Waals surface area contributed by atoms with E-state index in [-0.39, 0.29) is 24.2 Å². The first-order valence-corrected chi connectivity index (χ1v) is 8.75. The lowest BCUT2D eigenvalue weighted by Gasteiger charge is -2.18. The number of amides is 1. The number of methoxy groups -OCH3 is 1. The van der Waals surface area contributed by atoms with Crippen LogP contribution in [0.15, 0.2) is 66.0 Å². The van der Waals surface area contributed by atoms with Crippen LogP contribution in [0, 0.1) is 5.82 Å². The molecule has 0 aliphatic heterocycles. The molecule has 1 N–H and O–H groups in total. The molecule has 0 fully saturated rings. The minimum Gasteiger partial charge on any atom is -0.497 e. The van der Waals surface area contributed by atoms with Crippen LogP contribution in [0.4, 0.5) is 4.39 Å². The number of ether oxygens (including phenoxy) is 1. The highest BCUT2D eigenvalue weighted by Gasteiger charge is 2.18. The van der Waals surface area contributed by atoms with E-state index in [1.54, 1.807) is 30.6 Å². The van der Waals surface area contributed by atoms with Crippen molar-refractivity contribution >= 4 is 17.2 Å². The van der Waals surface area contributed by atoms with Gasteiger partial charge in [-0.15, -0.1) is 11.3 Å². The molecular weight excluding hydrogens is 337 g/mol. The van der Waals surface area contributed by atoms with Gasteiger partial charge < -0.3 is 10.1 Å². The number of benzene rings is 2. The molecule has 2 aromatic carbocycles. The number of rotatable bonds is 6. The number of hydrogen-bond donors (Lipinski definition) is 1. The van der Waals surface area contributed by atoms with Crippen molar-refractivity contribution in [3.8, 4) is 5.75 Å². The minimum atomic E-state index is -0.295. The maximum Gasteiger partial charge on any atom is 0.225 e. The lowest BCUT2D eigenvalue weighted by Crippen LogP contribution is -2.30. The zero-order valence-electron chi connectivity index (χ0n) is 13.7. The third-order valence-electron chi connectivity index (χ3n) is 3.84. The summed E-state index contributed by atoms with van der Waals surface area (Å²) in [6.45, 7) is 0. The van der Waals surface area contributed by atoms with Crippen LogP contribution in [0.2, 0.25) is 0 Å². The Morgan fingerprint density at radius 3 is 2.64 bits per heavy atom. The Hall–Kier alpha value is -2.66. The predicted molar refractivity (Wildman–Crippen MR) is 97.4 cm³/mol. The highest BCUT2D eigenvalue weighted by atomic mass is 32.1. The molecule has 3 nitrogen and oxygen atoms in total. The van der Waals surface area contributed by atoms with E-state index in [2.05, 4.69) is 5.32 Å². The second-order valence-electron chi connectivity index (χ2n) is 5.60. The van der Waals surface area contributed by atoms with E-state index in [1.165, 1.54) is 12.1 Å². The molecule has 0 saturated carbocycles. The van der Waals surface area contributed by atoms with E-state index in [4.69, 9.17) is 4.74 Å². The van der Waals surface area contributed by atoms with Crippen LogP contribution in [-0.4, -0.2) is 13.0 Å². The van der Waals surface area contributed by atoms with Crippen LogP contribution < -0.4 is 10.1 Å². The van der Waals surface area contributed by atoms with E-state index in [1.807, 2.05) is 41.8 Å². The van der Waals surface area contributed by atoms with Crippen LogP contribution in [0.1, 0.15) is 22.0 Å². The van der Waals surface area contributed by atoms with Crippen LogP contribution >= 0.6 is 11.3 Å². The predicted octanol–water partition coefficient (Wildman–Crippen LogP) is 4.34. The monoisotopic (exact) mass is 355 g/mol. The number of nitrogens with one attached hydrogen (secondary N) is 1. The standard InChI is InChI=1S/C20H18FNO2S/c1-24-17-5-2-4-14(12-17)13-19(23)22-20(18-6-3-11-25-18)15-7-9-16(21)10-8-15/h2-12,20H,13H2,1H3,(H,22,23)/t20-/m0/s1. The molecule has 0 aliphatic rings. The van der Waals surface area contributed by atoms with Gasteiger partial charge in [0.1, 0.15) is 11.6 Å². The number of carbonyl (C=O) groups is 1. The quantitative estimate of drug-likeness (QED) is 0.714. The Labute approximate surface area is 150 Å². The molecule has 1 heterocycles. The fraction of sp³-hybridized carbons (Fsp3) is 0.150. The first-order chi connectivity index (χ1) is 12.2. The number of hydrogen-bond acceptors (Lipinski definition) is 3. The molecule has 3 rings (SSSR count). The average molecular weight is 355 g/mol. The molecular formula is C20H18FNO2S. The summed E-state index contributed by atoms with van der Waals surface area (Å²) in [6, 6.07) is 17.3. The first-order valence-electron chi connectivity index (χ1n) is 7.87. The minimum absolute atomic E-state index is 0.101. The van der Waals surface area contributed by atoms with Gasteiger partial charge in [0.15, 0.2) is 0 Å². The Bertz CT molecular complexity index is 831. The van der Waals surface area contributed by atoms with Crippen molar-refractivity contribution in [2.45, 2.75) is 12.5 Å². The van der Waals surface area contributed by atoms with Gasteiger partial charge in [-0.05, 0) is 46.8 Å². The van der Waals surface area contributed by atoms with E-state index in [9.17, 15) is 9.18 Å². The van der Waals surface area contributed by atoms with Crippen LogP contribution in [0.5, 0.6) is 5.75 Å². The highest BCUT2D eigenvalue weighted by Crippen LogP contribution is 2.26. The molecule has 0 bridgehead atoms. The lowest BCUT2D eigenvalue weighted by molar-refractivity contribution is -0.120. The average Bonchev–Trinajstić information content (AvgIpc) is 3.15. The Morgan fingerprint density at radius 1 is 1.16 bits per heavy atom. The lowest BCUT2D eigenvalue weighted by atomic mass is 10.0. The second kappa shape index (κ2) is 7.94. The van der Waals surface area contributed by atoms with E-state index < -0.39 is 0 Å².